The highest BCUT2D eigenvalue weighted by Crippen LogP contribution is 2.33. The van der Waals surface area contributed by atoms with Crippen LogP contribution < -0.4 is 9.46 Å². The maximum atomic E-state index is 13.3. The fraction of sp³-hybridized carbons (Fsp3) is 0.333. The SMILES string of the molecule is CCOC(=O)c1cc(-c2ccc(OC)c(S(=O)(=O)N[C@@H](c3cccs3)C(C)C)c2)on1. The van der Waals surface area contributed by atoms with Crippen LogP contribution in [0.15, 0.2) is 51.2 Å². The van der Waals surface area contributed by atoms with Gasteiger partial charge in [0.1, 0.15) is 10.6 Å². The zero-order valence-electron chi connectivity index (χ0n) is 17.6. The minimum absolute atomic E-state index is 0.00719. The van der Waals surface area contributed by atoms with Gasteiger partial charge in [0.2, 0.25) is 10.0 Å². The summed E-state index contributed by atoms with van der Waals surface area (Å²) >= 11 is 1.49. The van der Waals surface area contributed by atoms with Crippen molar-refractivity contribution in [3.05, 3.63) is 52.3 Å². The topological polar surface area (TPSA) is 108 Å². The van der Waals surface area contributed by atoms with E-state index < -0.39 is 16.0 Å². The summed E-state index contributed by atoms with van der Waals surface area (Å²) < 4.78 is 44.8. The third-order valence-corrected chi connectivity index (χ3v) is 6.95. The summed E-state index contributed by atoms with van der Waals surface area (Å²) in [5.74, 6) is -0.156. The molecule has 1 atom stereocenters. The highest BCUT2D eigenvalue weighted by atomic mass is 32.2. The van der Waals surface area contributed by atoms with Crippen molar-refractivity contribution in [2.24, 2.45) is 5.92 Å². The molecule has 10 heteroatoms. The number of hydrogen-bond acceptors (Lipinski definition) is 8. The summed E-state index contributed by atoms with van der Waals surface area (Å²) in [6.45, 7) is 5.80. The summed E-state index contributed by atoms with van der Waals surface area (Å²) in [6.07, 6.45) is 0. The number of nitrogens with one attached hydrogen (secondary N) is 1. The molecule has 2 heterocycles. The molecule has 0 saturated carbocycles. The summed E-state index contributed by atoms with van der Waals surface area (Å²) in [4.78, 5) is 12.7. The average Bonchev–Trinajstić information content (AvgIpc) is 3.44. The van der Waals surface area contributed by atoms with Gasteiger partial charge in [0.05, 0.1) is 19.8 Å². The number of ether oxygens (including phenoxy) is 2. The molecular weight excluding hydrogens is 440 g/mol. The number of hydrogen-bond donors (Lipinski definition) is 1. The predicted molar refractivity (Wildman–Crippen MR) is 117 cm³/mol. The Labute approximate surface area is 185 Å². The van der Waals surface area contributed by atoms with Crippen molar-refractivity contribution in [3.8, 4) is 17.1 Å². The van der Waals surface area contributed by atoms with Gasteiger partial charge in [0.15, 0.2) is 11.5 Å². The Morgan fingerprint density at radius 2 is 2.03 bits per heavy atom. The quantitative estimate of drug-likeness (QED) is 0.471. The van der Waals surface area contributed by atoms with E-state index in [1.165, 1.54) is 36.6 Å². The smallest absolute Gasteiger partial charge is 0.360 e. The van der Waals surface area contributed by atoms with Crippen LogP contribution in [0, 0.1) is 5.92 Å². The van der Waals surface area contributed by atoms with Crippen LogP contribution in [0.5, 0.6) is 5.75 Å². The molecule has 1 N–H and O–H groups in total. The highest BCUT2D eigenvalue weighted by molar-refractivity contribution is 7.89. The Kier molecular flexibility index (Phi) is 7.14. The first-order valence-electron chi connectivity index (χ1n) is 9.64. The number of aromatic nitrogens is 1. The van der Waals surface area contributed by atoms with Crippen LogP contribution >= 0.6 is 11.3 Å². The van der Waals surface area contributed by atoms with E-state index in [2.05, 4.69) is 9.88 Å². The lowest BCUT2D eigenvalue weighted by Gasteiger charge is -2.22. The van der Waals surface area contributed by atoms with Crippen LogP contribution in [0.2, 0.25) is 0 Å². The third-order valence-electron chi connectivity index (χ3n) is 4.53. The Balaban J connectivity index is 1.97. The molecule has 8 nitrogen and oxygen atoms in total. The molecule has 0 aliphatic heterocycles. The van der Waals surface area contributed by atoms with Crippen molar-refractivity contribution in [2.75, 3.05) is 13.7 Å². The minimum atomic E-state index is -3.94. The largest absolute Gasteiger partial charge is 0.495 e. The van der Waals surface area contributed by atoms with Gasteiger partial charge in [-0.2, -0.15) is 0 Å². The van der Waals surface area contributed by atoms with Gasteiger partial charge in [-0.15, -0.1) is 11.3 Å². The number of esters is 1. The van der Waals surface area contributed by atoms with Crippen LogP contribution in [-0.4, -0.2) is 33.3 Å². The van der Waals surface area contributed by atoms with Gasteiger partial charge >= 0.3 is 5.97 Å². The summed E-state index contributed by atoms with van der Waals surface area (Å²) in [5, 5.41) is 5.61. The van der Waals surface area contributed by atoms with Crippen LogP contribution in [0.4, 0.5) is 0 Å². The van der Waals surface area contributed by atoms with Gasteiger partial charge in [0, 0.05) is 16.5 Å². The Morgan fingerprint density at radius 3 is 2.65 bits per heavy atom. The zero-order valence-corrected chi connectivity index (χ0v) is 19.2. The standard InChI is InChI=1S/C21H24N2O6S2/c1-5-28-21(24)15-12-17(29-22-15)14-8-9-16(27-4)19(11-14)31(25,26)23-20(13(2)3)18-7-6-10-30-18/h6-13,20,23H,5H2,1-4H3/t20-/m1/s1. The molecule has 0 bridgehead atoms. The highest BCUT2D eigenvalue weighted by Gasteiger charge is 2.28. The van der Waals surface area contributed by atoms with Gasteiger partial charge in [0.25, 0.3) is 0 Å². The number of benzene rings is 1. The average molecular weight is 465 g/mol. The molecule has 0 amide bonds. The lowest BCUT2D eigenvalue weighted by molar-refractivity contribution is 0.0514. The van der Waals surface area contributed by atoms with Crippen LogP contribution in [0.1, 0.15) is 42.2 Å². The van der Waals surface area contributed by atoms with E-state index in [9.17, 15) is 13.2 Å². The molecular formula is C21H24N2O6S2. The molecule has 1 aromatic carbocycles. The minimum Gasteiger partial charge on any atom is -0.495 e. The summed E-state index contributed by atoms with van der Waals surface area (Å²) in [7, 11) is -2.54. The first kappa shape index (κ1) is 23.0. The third kappa shape index (κ3) is 5.15. The lowest BCUT2D eigenvalue weighted by Crippen LogP contribution is -2.31. The van der Waals surface area contributed by atoms with E-state index >= 15 is 0 Å². The summed E-state index contributed by atoms with van der Waals surface area (Å²) in [6, 6.07) is 9.40. The van der Waals surface area contributed by atoms with E-state index in [1.807, 2.05) is 31.4 Å². The van der Waals surface area contributed by atoms with E-state index in [-0.39, 0.29) is 40.7 Å². The molecule has 2 aromatic heterocycles. The van der Waals surface area contributed by atoms with Gasteiger partial charge in [-0.05, 0) is 42.5 Å². The maximum absolute atomic E-state index is 13.3. The van der Waals surface area contributed by atoms with Crippen LogP contribution in [0.25, 0.3) is 11.3 Å². The first-order chi connectivity index (χ1) is 14.8. The molecule has 0 unspecified atom stereocenters. The van der Waals surface area contributed by atoms with Gasteiger partial charge in [-0.1, -0.05) is 25.1 Å². The fourth-order valence-electron chi connectivity index (χ4n) is 2.97. The molecule has 166 valence electrons. The molecule has 0 spiro atoms. The maximum Gasteiger partial charge on any atom is 0.360 e. The molecule has 0 fully saturated rings. The van der Waals surface area contributed by atoms with Gasteiger partial charge in [-0.25, -0.2) is 17.9 Å². The normalized spacial score (nSPS) is 12.7. The van der Waals surface area contributed by atoms with Crippen molar-refractivity contribution in [3.63, 3.8) is 0 Å². The zero-order chi connectivity index (χ0) is 22.6. The van der Waals surface area contributed by atoms with Crippen molar-refractivity contribution in [1.29, 1.82) is 0 Å². The van der Waals surface area contributed by atoms with E-state index in [1.54, 1.807) is 13.0 Å². The van der Waals surface area contributed by atoms with Crippen molar-refractivity contribution < 1.29 is 27.2 Å². The molecule has 31 heavy (non-hydrogen) atoms. The number of sulfonamides is 1. The van der Waals surface area contributed by atoms with Crippen molar-refractivity contribution >= 4 is 27.3 Å². The number of rotatable bonds is 9. The van der Waals surface area contributed by atoms with Crippen LogP contribution in [-0.2, 0) is 14.8 Å². The van der Waals surface area contributed by atoms with E-state index in [0.29, 0.717) is 5.56 Å². The second kappa shape index (κ2) is 9.63. The second-order valence-electron chi connectivity index (χ2n) is 7.02. The van der Waals surface area contributed by atoms with E-state index in [4.69, 9.17) is 14.0 Å². The number of nitrogens with zero attached hydrogens (tertiary/aromatic N) is 1. The van der Waals surface area contributed by atoms with Crippen molar-refractivity contribution in [2.45, 2.75) is 31.7 Å². The van der Waals surface area contributed by atoms with Crippen LogP contribution in [0.3, 0.4) is 0 Å². The Bertz CT molecular complexity index is 1140. The molecule has 3 aromatic rings. The number of carbonyl (C=O) groups is 1. The molecule has 0 aliphatic carbocycles. The molecule has 0 aliphatic rings. The predicted octanol–water partition coefficient (Wildman–Crippen LogP) is 4.26. The Hall–Kier alpha value is -2.69. The fourth-order valence-corrected chi connectivity index (χ4v) is 5.56. The molecule has 0 radical (unpaired) electrons. The Morgan fingerprint density at radius 1 is 1.26 bits per heavy atom. The van der Waals surface area contributed by atoms with Gasteiger partial charge in [-0.3, -0.25) is 0 Å². The lowest BCUT2D eigenvalue weighted by atomic mass is 10.0. The molecule has 0 saturated heterocycles. The number of carbonyl (C=O) groups excluding carboxylic acids is 1. The second-order valence-corrected chi connectivity index (χ2v) is 9.68. The number of methoxy groups -OCH3 is 1. The monoisotopic (exact) mass is 464 g/mol. The number of thiophene rings is 1. The summed E-state index contributed by atoms with van der Waals surface area (Å²) in [5.41, 5.74) is 0.439. The van der Waals surface area contributed by atoms with Crippen molar-refractivity contribution in [1.82, 2.24) is 9.88 Å². The molecule has 3 rings (SSSR count). The van der Waals surface area contributed by atoms with Gasteiger partial charge < -0.3 is 14.0 Å². The first-order valence-corrected chi connectivity index (χ1v) is 12.0. The van der Waals surface area contributed by atoms with E-state index in [0.717, 1.165) is 4.88 Å².